The number of unbranched alkanes of at least 4 members (excludes halogenated alkanes) is 1. The maximum Gasteiger partial charge on any atom is 0.411 e. The van der Waals surface area contributed by atoms with Crippen LogP contribution in [0.2, 0.25) is 0 Å². The molecule has 0 fully saturated rings. The number of aryl methyl sites for hydroxylation is 1. The summed E-state index contributed by atoms with van der Waals surface area (Å²) >= 11 is 0. The number of nitrogens with zero attached hydrogens (tertiary/aromatic N) is 1. The van der Waals surface area contributed by atoms with Crippen molar-refractivity contribution in [2.45, 2.75) is 46.1 Å². The second-order valence-corrected chi connectivity index (χ2v) is 6.72. The third kappa shape index (κ3) is 7.83. The summed E-state index contributed by atoms with van der Waals surface area (Å²) < 4.78 is 5.01. The van der Waals surface area contributed by atoms with Gasteiger partial charge in [-0.25, -0.2) is 4.79 Å². The van der Waals surface area contributed by atoms with E-state index >= 15 is 0 Å². The lowest BCUT2D eigenvalue weighted by molar-refractivity contribution is 0.168. The van der Waals surface area contributed by atoms with Crippen molar-refractivity contribution in [3.8, 4) is 0 Å². The minimum Gasteiger partial charge on any atom is -0.450 e. The lowest BCUT2D eigenvalue weighted by Gasteiger charge is -2.23. The van der Waals surface area contributed by atoms with Crippen molar-refractivity contribution >= 4 is 11.8 Å². The molecule has 1 N–H and O–H groups in total. The summed E-state index contributed by atoms with van der Waals surface area (Å²) in [5.74, 6) is 0. The van der Waals surface area contributed by atoms with Crippen molar-refractivity contribution in [3.63, 3.8) is 0 Å². The molecule has 0 saturated heterocycles. The Morgan fingerprint density at radius 1 is 0.963 bits per heavy atom. The van der Waals surface area contributed by atoms with Crippen LogP contribution in [0.4, 0.5) is 10.5 Å². The summed E-state index contributed by atoms with van der Waals surface area (Å²) in [7, 11) is 0. The number of carbonyl (C=O) groups is 1. The number of hydrogen-bond acceptors (Lipinski definition) is 3. The number of rotatable bonds is 11. The van der Waals surface area contributed by atoms with E-state index in [2.05, 4.69) is 53.5 Å². The number of amides is 1. The largest absolute Gasteiger partial charge is 0.450 e. The smallest absolute Gasteiger partial charge is 0.411 e. The molecule has 0 aromatic heterocycles. The SMILES string of the molecule is CCCN(CCCCc1ccccc1)Cc1ccccc1NC(=O)OCC. The van der Waals surface area contributed by atoms with Crippen molar-refractivity contribution < 1.29 is 9.53 Å². The molecule has 2 rings (SSSR count). The zero-order valence-electron chi connectivity index (χ0n) is 16.6. The Morgan fingerprint density at radius 3 is 2.44 bits per heavy atom. The van der Waals surface area contributed by atoms with Crippen molar-refractivity contribution in [1.82, 2.24) is 4.90 Å². The number of hydrogen-bond donors (Lipinski definition) is 1. The minimum absolute atomic E-state index is 0.372. The molecule has 27 heavy (non-hydrogen) atoms. The van der Waals surface area contributed by atoms with Gasteiger partial charge in [-0.3, -0.25) is 10.2 Å². The molecule has 146 valence electrons. The van der Waals surface area contributed by atoms with Gasteiger partial charge in [-0.1, -0.05) is 55.5 Å². The van der Waals surface area contributed by atoms with Gasteiger partial charge < -0.3 is 4.74 Å². The number of anilines is 1. The second-order valence-electron chi connectivity index (χ2n) is 6.72. The molecule has 0 bridgehead atoms. The average molecular weight is 369 g/mol. The van der Waals surface area contributed by atoms with E-state index in [0.29, 0.717) is 6.61 Å². The van der Waals surface area contributed by atoms with Crippen molar-refractivity contribution in [1.29, 1.82) is 0 Å². The maximum absolute atomic E-state index is 11.8. The minimum atomic E-state index is -0.394. The molecule has 1 amide bonds. The Labute approximate surface area is 163 Å². The monoisotopic (exact) mass is 368 g/mol. The molecule has 0 atom stereocenters. The van der Waals surface area contributed by atoms with Crippen LogP contribution in [0.1, 0.15) is 44.2 Å². The Morgan fingerprint density at radius 2 is 1.70 bits per heavy atom. The molecule has 0 aliphatic rings. The van der Waals surface area contributed by atoms with Gasteiger partial charge in [0.1, 0.15) is 0 Å². The summed E-state index contributed by atoms with van der Waals surface area (Å²) in [4.78, 5) is 14.2. The molecular weight excluding hydrogens is 336 g/mol. The highest BCUT2D eigenvalue weighted by molar-refractivity contribution is 5.85. The number of ether oxygens (including phenoxy) is 1. The van der Waals surface area contributed by atoms with Crippen molar-refractivity contribution in [3.05, 3.63) is 65.7 Å². The van der Waals surface area contributed by atoms with Crippen molar-refractivity contribution in [2.24, 2.45) is 0 Å². The molecule has 2 aromatic carbocycles. The lowest BCUT2D eigenvalue weighted by Crippen LogP contribution is -2.26. The molecule has 0 radical (unpaired) electrons. The zero-order chi connectivity index (χ0) is 19.3. The highest BCUT2D eigenvalue weighted by Crippen LogP contribution is 2.18. The number of para-hydroxylation sites is 1. The van der Waals surface area contributed by atoms with Gasteiger partial charge >= 0.3 is 6.09 Å². The summed E-state index contributed by atoms with van der Waals surface area (Å²) in [6, 6.07) is 18.6. The third-order valence-corrected chi connectivity index (χ3v) is 4.50. The number of carbonyl (C=O) groups excluding carboxylic acids is 1. The van der Waals surface area contributed by atoms with E-state index in [1.165, 1.54) is 18.4 Å². The van der Waals surface area contributed by atoms with Gasteiger partial charge in [0.15, 0.2) is 0 Å². The first-order valence-electron chi connectivity index (χ1n) is 10.0. The quantitative estimate of drug-likeness (QED) is 0.533. The summed E-state index contributed by atoms with van der Waals surface area (Å²) in [5.41, 5.74) is 3.37. The van der Waals surface area contributed by atoms with E-state index in [4.69, 9.17) is 4.74 Å². The van der Waals surface area contributed by atoms with E-state index in [1.807, 2.05) is 25.1 Å². The fourth-order valence-corrected chi connectivity index (χ4v) is 3.19. The van der Waals surface area contributed by atoms with Crippen LogP contribution < -0.4 is 5.32 Å². The van der Waals surface area contributed by atoms with Gasteiger partial charge in [0.2, 0.25) is 0 Å². The molecule has 4 heteroatoms. The summed E-state index contributed by atoms with van der Waals surface area (Å²) in [5, 5.41) is 2.86. The zero-order valence-corrected chi connectivity index (χ0v) is 16.6. The van der Waals surface area contributed by atoms with Gasteiger partial charge in [0, 0.05) is 12.2 Å². The third-order valence-electron chi connectivity index (χ3n) is 4.50. The first-order chi connectivity index (χ1) is 13.2. The van der Waals surface area contributed by atoms with Crippen LogP contribution in [0, 0.1) is 0 Å². The Kier molecular flexibility index (Phi) is 9.42. The van der Waals surface area contributed by atoms with Gasteiger partial charge in [0.25, 0.3) is 0 Å². The Bertz CT molecular complexity index is 673. The molecule has 0 heterocycles. The van der Waals surface area contributed by atoms with Crippen LogP contribution in [-0.2, 0) is 17.7 Å². The molecule has 0 unspecified atom stereocenters. The molecule has 0 aliphatic heterocycles. The summed E-state index contributed by atoms with van der Waals surface area (Å²) in [6.07, 6.45) is 4.21. The second kappa shape index (κ2) is 12.1. The van der Waals surface area contributed by atoms with Gasteiger partial charge in [0.05, 0.1) is 6.61 Å². The molecule has 0 aliphatic carbocycles. The van der Waals surface area contributed by atoms with E-state index < -0.39 is 6.09 Å². The summed E-state index contributed by atoms with van der Waals surface area (Å²) in [6.45, 7) is 7.34. The Balaban J connectivity index is 1.88. The first-order valence-corrected chi connectivity index (χ1v) is 10.0. The molecule has 2 aromatic rings. The standard InChI is InChI=1S/C23H32N2O2/c1-3-17-25(18-11-10-14-20-12-6-5-7-13-20)19-21-15-8-9-16-22(21)24-23(26)27-4-2/h5-9,12-13,15-16H,3-4,10-11,14,17-19H2,1-2H3,(H,24,26). The first kappa shape index (κ1) is 21.0. The Hall–Kier alpha value is -2.33. The normalized spacial score (nSPS) is 10.8. The van der Waals surface area contributed by atoms with Crippen LogP contribution in [0.3, 0.4) is 0 Å². The van der Waals surface area contributed by atoms with Crippen LogP contribution in [0.25, 0.3) is 0 Å². The highest BCUT2D eigenvalue weighted by atomic mass is 16.5. The van der Waals surface area contributed by atoms with Crippen LogP contribution in [0.15, 0.2) is 54.6 Å². The van der Waals surface area contributed by atoms with E-state index in [1.54, 1.807) is 0 Å². The predicted molar refractivity (Wildman–Crippen MR) is 112 cm³/mol. The molecule has 4 nitrogen and oxygen atoms in total. The topological polar surface area (TPSA) is 41.6 Å². The number of nitrogens with one attached hydrogen (secondary N) is 1. The van der Waals surface area contributed by atoms with Crippen LogP contribution >= 0.6 is 0 Å². The van der Waals surface area contributed by atoms with E-state index in [0.717, 1.165) is 43.7 Å². The van der Waals surface area contributed by atoms with Gasteiger partial charge in [-0.15, -0.1) is 0 Å². The highest BCUT2D eigenvalue weighted by Gasteiger charge is 2.11. The van der Waals surface area contributed by atoms with Gasteiger partial charge in [-0.05, 0) is 62.9 Å². The fourth-order valence-electron chi connectivity index (χ4n) is 3.19. The molecule has 0 saturated carbocycles. The van der Waals surface area contributed by atoms with Gasteiger partial charge in [-0.2, -0.15) is 0 Å². The van der Waals surface area contributed by atoms with Crippen LogP contribution in [-0.4, -0.2) is 30.7 Å². The van der Waals surface area contributed by atoms with E-state index in [-0.39, 0.29) is 0 Å². The average Bonchev–Trinajstić information content (AvgIpc) is 2.68. The van der Waals surface area contributed by atoms with Crippen LogP contribution in [0.5, 0.6) is 0 Å². The fraction of sp³-hybridized carbons (Fsp3) is 0.435. The molecular formula is C23H32N2O2. The predicted octanol–water partition coefficient (Wildman–Crippen LogP) is 5.49. The van der Waals surface area contributed by atoms with Crippen molar-refractivity contribution in [2.75, 3.05) is 25.0 Å². The molecule has 0 spiro atoms. The maximum atomic E-state index is 11.8. The number of benzene rings is 2. The van der Waals surface area contributed by atoms with E-state index in [9.17, 15) is 4.79 Å². The lowest BCUT2D eigenvalue weighted by atomic mass is 10.1.